The maximum Gasteiger partial charge on any atom is 0.318 e. The number of nitrogens with zero attached hydrogens (tertiary/aromatic N) is 4. The van der Waals surface area contributed by atoms with Gasteiger partial charge in [-0.3, -0.25) is 4.79 Å². The van der Waals surface area contributed by atoms with Gasteiger partial charge in [0.1, 0.15) is 11.0 Å². The van der Waals surface area contributed by atoms with Crippen molar-refractivity contribution < 1.29 is 38.2 Å². The van der Waals surface area contributed by atoms with E-state index in [9.17, 15) is 28.2 Å². The van der Waals surface area contributed by atoms with Gasteiger partial charge in [-0.15, -0.1) is 11.3 Å². The average Bonchev–Trinajstić information content (AvgIpc) is 3.51. The van der Waals surface area contributed by atoms with Crippen molar-refractivity contribution in [3.05, 3.63) is 81.8 Å². The SMILES string of the molecule is COCc1nc(CN(C)C(=O)N[C@H](C(=O)N[C@@H](Cc2ccccc2)[C@@H](O)CN(CC2CCC2)S(=O)(=O)c2ccc(C=NO)cc2)[C@@H](C)O)cs1. The second-order valence-electron chi connectivity index (χ2n) is 12.5. The van der Waals surface area contributed by atoms with E-state index in [0.717, 1.165) is 29.8 Å². The molecule has 3 aromatic rings. The van der Waals surface area contributed by atoms with Crippen LogP contribution in [0.5, 0.6) is 0 Å². The van der Waals surface area contributed by atoms with Gasteiger partial charge in [0.15, 0.2) is 0 Å². The van der Waals surface area contributed by atoms with Gasteiger partial charge < -0.3 is 35.7 Å². The molecule has 1 saturated carbocycles. The first kappa shape index (κ1) is 38.9. The van der Waals surface area contributed by atoms with Crippen molar-refractivity contribution in [1.82, 2.24) is 24.8 Å². The van der Waals surface area contributed by atoms with Crippen LogP contribution in [-0.4, -0.2) is 108 Å². The summed E-state index contributed by atoms with van der Waals surface area (Å²) in [7, 11) is -0.976. The minimum absolute atomic E-state index is 0.0105. The first-order valence-corrected chi connectivity index (χ1v) is 18.6. The molecule has 5 N–H and O–H groups in total. The third-order valence-electron chi connectivity index (χ3n) is 8.55. The van der Waals surface area contributed by atoms with E-state index in [1.807, 2.05) is 35.7 Å². The normalized spacial score (nSPS) is 16.0. The van der Waals surface area contributed by atoms with E-state index in [2.05, 4.69) is 20.8 Å². The Labute approximate surface area is 296 Å². The Hall–Kier alpha value is -3.93. The standard InChI is InChI=1S/C34H46N6O8S2/c1-23(41)32(38-34(44)39(2)19-27-22-49-31(36-27)21-48-3)33(43)37-29(16-24-8-5-4-6-9-24)30(42)20-40(18-26-10-7-11-26)50(46,47)28-14-12-25(13-15-28)17-35-45/h4-6,8-9,12-15,17,22-23,26,29-30,32,41-42,45H,7,10-11,16,18-21H2,1-3H3,(H,37,43)(H,38,44)/t23-,29+,30+,32+/m1/s1. The fourth-order valence-electron chi connectivity index (χ4n) is 5.51. The molecule has 0 bridgehead atoms. The molecular formula is C34H46N6O8S2. The zero-order valence-corrected chi connectivity index (χ0v) is 30.0. The summed E-state index contributed by atoms with van der Waals surface area (Å²) in [6, 6.07) is 12.0. The summed E-state index contributed by atoms with van der Waals surface area (Å²) in [4.78, 5) is 32.6. The van der Waals surface area contributed by atoms with Gasteiger partial charge in [-0.1, -0.05) is 54.0 Å². The Kier molecular flexibility index (Phi) is 14.3. The number of carbonyl (C=O) groups is 2. The maximum absolute atomic E-state index is 13.9. The first-order valence-electron chi connectivity index (χ1n) is 16.3. The summed E-state index contributed by atoms with van der Waals surface area (Å²) in [5, 5.41) is 42.0. The summed E-state index contributed by atoms with van der Waals surface area (Å²) in [5.41, 5.74) is 1.92. The highest BCUT2D eigenvalue weighted by Gasteiger charge is 2.35. The van der Waals surface area contributed by atoms with Crippen molar-refractivity contribution >= 4 is 39.5 Å². The molecule has 0 saturated heterocycles. The minimum atomic E-state index is -4.08. The molecule has 0 spiro atoms. The number of amides is 3. The van der Waals surface area contributed by atoms with Crippen molar-refractivity contribution in [2.75, 3.05) is 27.2 Å². The van der Waals surface area contributed by atoms with Gasteiger partial charge in [0.25, 0.3) is 0 Å². The molecule has 272 valence electrons. The Bertz CT molecular complexity index is 1670. The van der Waals surface area contributed by atoms with Crippen molar-refractivity contribution in [1.29, 1.82) is 0 Å². The van der Waals surface area contributed by atoms with Crippen molar-refractivity contribution in [2.24, 2.45) is 11.1 Å². The Morgan fingerprint density at radius 1 is 1.12 bits per heavy atom. The Balaban J connectivity index is 1.52. The molecular weight excluding hydrogens is 685 g/mol. The molecule has 3 amide bonds. The van der Waals surface area contributed by atoms with E-state index in [4.69, 9.17) is 9.94 Å². The lowest BCUT2D eigenvalue weighted by Crippen LogP contribution is -2.59. The number of carbonyl (C=O) groups excluding carboxylic acids is 2. The molecule has 14 nitrogen and oxygen atoms in total. The number of urea groups is 1. The number of sulfonamides is 1. The highest BCUT2D eigenvalue weighted by atomic mass is 32.2. The summed E-state index contributed by atoms with van der Waals surface area (Å²) >= 11 is 1.40. The van der Waals surface area contributed by atoms with Crippen LogP contribution in [0.1, 0.15) is 48.0 Å². The van der Waals surface area contributed by atoms with Crippen molar-refractivity contribution in [3.8, 4) is 0 Å². The number of aliphatic hydroxyl groups excluding tert-OH is 2. The molecule has 0 unspecified atom stereocenters. The third kappa shape index (κ3) is 10.8. The number of hydrogen-bond acceptors (Lipinski definition) is 11. The Morgan fingerprint density at radius 2 is 1.82 bits per heavy atom. The number of rotatable bonds is 18. The molecule has 4 rings (SSSR count). The number of benzene rings is 2. The number of methoxy groups -OCH3 is 1. The highest BCUT2D eigenvalue weighted by molar-refractivity contribution is 7.89. The van der Waals surface area contributed by atoms with Crippen LogP contribution >= 0.6 is 11.3 Å². The summed E-state index contributed by atoms with van der Waals surface area (Å²) in [6.45, 7) is 1.74. The van der Waals surface area contributed by atoms with E-state index in [1.54, 1.807) is 7.11 Å². The molecule has 1 aromatic heterocycles. The molecule has 16 heteroatoms. The van der Waals surface area contributed by atoms with Gasteiger partial charge in [-0.2, -0.15) is 4.31 Å². The predicted octanol–water partition coefficient (Wildman–Crippen LogP) is 2.57. The second kappa shape index (κ2) is 18.3. The van der Waals surface area contributed by atoms with Gasteiger partial charge in [0.2, 0.25) is 15.9 Å². The quantitative estimate of drug-likeness (QED) is 0.0743. The molecule has 1 heterocycles. The van der Waals surface area contributed by atoms with Crippen LogP contribution in [0, 0.1) is 5.92 Å². The lowest BCUT2D eigenvalue weighted by atomic mass is 9.85. The molecule has 1 fully saturated rings. The number of hydrogen-bond donors (Lipinski definition) is 5. The minimum Gasteiger partial charge on any atom is -0.411 e. The third-order valence-corrected chi connectivity index (χ3v) is 11.3. The first-order chi connectivity index (χ1) is 23.9. The van der Waals surface area contributed by atoms with Crippen LogP contribution < -0.4 is 10.6 Å². The predicted molar refractivity (Wildman–Crippen MR) is 188 cm³/mol. The maximum atomic E-state index is 13.9. The number of aliphatic hydroxyl groups is 2. The highest BCUT2D eigenvalue weighted by Crippen LogP contribution is 2.30. The van der Waals surface area contributed by atoms with Crippen LogP contribution in [0.3, 0.4) is 0 Å². The van der Waals surface area contributed by atoms with E-state index < -0.39 is 46.3 Å². The fourth-order valence-corrected chi connectivity index (χ4v) is 7.80. The monoisotopic (exact) mass is 730 g/mol. The van der Waals surface area contributed by atoms with Crippen molar-refractivity contribution in [2.45, 2.75) is 74.9 Å². The van der Waals surface area contributed by atoms with Gasteiger partial charge in [0, 0.05) is 32.6 Å². The molecule has 2 aromatic carbocycles. The van der Waals surface area contributed by atoms with Gasteiger partial charge in [-0.05, 0) is 55.4 Å². The smallest absolute Gasteiger partial charge is 0.318 e. The molecule has 1 aliphatic rings. The molecule has 4 atom stereocenters. The van der Waals surface area contributed by atoms with E-state index in [1.165, 1.54) is 65.0 Å². The Morgan fingerprint density at radius 3 is 2.42 bits per heavy atom. The molecule has 0 radical (unpaired) electrons. The van der Waals surface area contributed by atoms with E-state index >= 15 is 0 Å². The van der Waals surface area contributed by atoms with Gasteiger partial charge in [-0.25, -0.2) is 18.2 Å². The number of ether oxygens (including phenoxy) is 1. The van der Waals surface area contributed by atoms with Crippen LogP contribution in [-0.2, 0) is 39.1 Å². The summed E-state index contributed by atoms with van der Waals surface area (Å²) in [6.07, 6.45) is 1.37. The van der Waals surface area contributed by atoms with Crippen LogP contribution in [0.2, 0.25) is 0 Å². The lowest BCUT2D eigenvalue weighted by molar-refractivity contribution is -0.127. The van der Waals surface area contributed by atoms with Crippen LogP contribution in [0.4, 0.5) is 4.79 Å². The number of nitrogens with one attached hydrogen (secondary N) is 2. The zero-order chi connectivity index (χ0) is 36.3. The van der Waals surface area contributed by atoms with Gasteiger partial charge in [0.05, 0.1) is 48.2 Å². The van der Waals surface area contributed by atoms with Gasteiger partial charge >= 0.3 is 6.03 Å². The molecule has 50 heavy (non-hydrogen) atoms. The van der Waals surface area contributed by atoms with Crippen molar-refractivity contribution in [3.63, 3.8) is 0 Å². The largest absolute Gasteiger partial charge is 0.411 e. The zero-order valence-electron chi connectivity index (χ0n) is 28.4. The number of oxime groups is 1. The topological polar surface area (TPSA) is 194 Å². The van der Waals surface area contributed by atoms with E-state index in [0.29, 0.717) is 17.9 Å². The lowest BCUT2D eigenvalue weighted by Gasteiger charge is -2.35. The number of thiazole rings is 1. The molecule has 0 aliphatic heterocycles. The second-order valence-corrected chi connectivity index (χ2v) is 15.4. The number of aromatic nitrogens is 1. The molecule has 1 aliphatic carbocycles. The van der Waals surface area contributed by atoms with Crippen LogP contribution in [0.15, 0.2) is 70.0 Å². The van der Waals surface area contributed by atoms with Crippen LogP contribution in [0.25, 0.3) is 0 Å². The average molecular weight is 731 g/mol. The summed E-state index contributed by atoms with van der Waals surface area (Å²) in [5.74, 6) is -0.616. The van der Waals surface area contributed by atoms with E-state index in [-0.39, 0.29) is 36.9 Å². The fraction of sp³-hybridized carbons (Fsp3) is 0.471. The summed E-state index contributed by atoms with van der Waals surface area (Å²) < 4.78 is 34.2.